The Balaban J connectivity index is 2.05. The molecule has 2 rings (SSSR count). The molecule has 1 heterocycles. The highest BCUT2D eigenvalue weighted by Gasteiger charge is 2.26. The molecule has 0 saturated carbocycles. The van der Waals surface area contributed by atoms with Crippen LogP contribution in [0.1, 0.15) is 49.3 Å². The van der Waals surface area contributed by atoms with Gasteiger partial charge >= 0.3 is 17.9 Å². The predicted molar refractivity (Wildman–Crippen MR) is 116 cm³/mol. The van der Waals surface area contributed by atoms with Crippen molar-refractivity contribution in [2.75, 3.05) is 38.0 Å². The SMILES string of the molecule is CCCOC(=O)c1ccc(NCC(=O)Nc2sc(C(=O)OC)c(C)c2C(=O)OC)cc1. The Bertz CT molecular complexity index is 967. The summed E-state index contributed by atoms with van der Waals surface area (Å²) >= 11 is 0.938. The molecule has 0 fully saturated rings. The monoisotopic (exact) mass is 448 g/mol. The minimum Gasteiger partial charge on any atom is -0.465 e. The van der Waals surface area contributed by atoms with Gasteiger partial charge < -0.3 is 24.8 Å². The molecule has 166 valence electrons. The Morgan fingerprint density at radius 2 is 1.61 bits per heavy atom. The smallest absolute Gasteiger partial charge is 0.348 e. The van der Waals surface area contributed by atoms with Gasteiger partial charge in [-0.2, -0.15) is 0 Å². The molecule has 0 aliphatic carbocycles. The van der Waals surface area contributed by atoms with Gasteiger partial charge in [0.1, 0.15) is 9.88 Å². The van der Waals surface area contributed by atoms with Gasteiger partial charge in [0.15, 0.2) is 0 Å². The van der Waals surface area contributed by atoms with Crippen molar-refractivity contribution in [3.8, 4) is 0 Å². The van der Waals surface area contributed by atoms with E-state index in [0.717, 1.165) is 17.8 Å². The molecule has 0 bridgehead atoms. The number of hydrogen-bond acceptors (Lipinski definition) is 9. The Hall–Kier alpha value is -3.40. The summed E-state index contributed by atoms with van der Waals surface area (Å²) in [6.07, 6.45) is 0.739. The van der Waals surface area contributed by atoms with Crippen molar-refractivity contribution in [3.05, 3.63) is 45.8 Å². The molecule has 2 aromatic rings. The molecule has 0 radical (unpaired) electrons. The van der Waals surface area contributed by atoms with E-state index >= 15 is 0 Å². The van der Waals surface area contributed by atoms with Gasteiger partial charge in [0.25, 0.3) is 0 Å². The van der Waals surface area contributed by atoms with Crippen LogP contribution in [-0.2, 0) is 19.0 Å². The summed E-state index contributed by atoms with van der Waals surface area (Å²) in [6, 6.07) is 6.50. The van der Waals surface area contributed by atoms with E-state index in [1.165, 1.54) is 14.2 Å². The minimum atomic E-state index is -0.669. The standard InChI is InChI=1S/C21H24N2O7S/c1-5-10-30-19(25)13-6-8-14(9-7-13)22-11-15(24)23-18-16(20(26)28-3)12(2)17(31-18)21(27)29-4/h6-9,22H,5,10-11H2,1-4H3,(H,23,24). The van der Waals surface area contributed by atoms with Gasteiger partial charge in [-0.25, -0.2) is 14.4 Å². The Labute approximate surface area is 183 Å². The van der Waals surface area contributed by atoms with E-state index in [1.807, 2.05) is 6.92 Å². The molecular formula is C21H24N2O7S. The molecule has 2 N–H and O–H groups in total. The molecule has 0 atom stereocenters. The van der Waals surface area contributed by atoms with Crippen LogP contribution in [0.2, 0.25) is 0 Å². The zero-order valence-electron chi connectivity index (χ0n) is 17.7. The number of carbonyl (C=O) groups excluding carboxylic acids is 4. The first-order valence-corrected chi connectivity index (χ1v) is 10.2. The second kappa shape index (κ2) is 11.1. The van der Waals surface area contributed by atoms with Gasteiger partial charge in [-0.3, -0.25) is 4.79 Å². The number of ether oxygens (including phenoxy) is 3. The van der Waals surface area contributed by atoms with Crippen molar-refractivity contribution in [1.29, 1.82) is 0 Å². The molecular weight excluding hydrogens is 424 g/mol. The van der Waals surface area contributed by atoms with Crippen LogP contribution in [0.25, 0.3) is 0 Å². The Kier molecular flexibility index (Phi) is 8.56. The highest BCUT2D eigenvalue weighted by atomic mass is 32.1. The molecule has 0 aliphatic heterocycles. The molecule has 1 amide bonds. The fraction of sp³-hybridized carbons (Fsp3) is 0.333. The molecule has 0 aliphatic rings. The van der Waals surface area contributed by atoms with E-state index in [-0.39, 0.29) is 22.0 Å². The van der Waals surface area contributed by atoms with Crippen molar-refractivity contribution in [2.45, 2.75) is 20.3 Å². The zero-order valence-corrected chi connectivity index (χ0v) is 18.5. The number of carbonyl (C=O) groups is 4. The minimum absolute atomic E-state index is 0.106. The van der Waals surface area contributed by atoms with Crippen molar-refractivity contribution >= 4 is 45.8 Å². The van der Waals surface area contributed by atoms with Crippen LogP contribution < -0.4 is 10.6 Å². The van der Waals surface area contributed by atoms with E-state index in [0.29, 0.717) is 23.4 Å². The predicted octanol–water partition coefficient (Wildman–Crippen LogP) is 3.25. The third-order valence-corrected chi connectivity index (χ3v) is 5.36. The number of hydrogen-bond donors (Lipinski definition) is 2. The Morgan fingerprint density at radius 1 is 0.968 bits per heavy atom. The molecule has 1 aromatic heterocycles. The maximum absolute atomic E-state index is 12.4. The number of esters is 3. The van der Waals surface area contributed by atoms with Crippen LogP contribution in [0.5, 0.6) is 0 Å². The van der Waals surface area contributed by atoms with Crippen LogP contribution in [0.3, 0.4) is 0 Å². The molecule has 9 nitrogen and oxygen atoms in total. The summed E-state index contributed by atoms with van der Waals surface area (Å²) < 4.78 is 14.5. The fourth-order valence-electron chi connectivity index (χ4n) is 2.59. The van der Waals surface area contributed by atoms with Gasteiger partial charge in [0.2, 0.25) is 5.91 Å². The van der Waals surface area contributed by atoms with E-state index in [9.17, 15) is 19.2 Å². The van der Waals surface area contributed by atoms with E-state index in [1.54, 1.807) is 31.2 Å². The summed E-state index contributed by atoms with van der Waals surface area (Å²) in [5.41, 5.74) is 1.51. The average Bonchev–Trinajstić information content (AvgIpc) is 3.10. The third-order valence-electron chi connectivity index (χ3n) is 4.17. The van der Waals surface area contributed by atoms with Crippen molar-refractivity contribution in [2.24, 2.45) is 0 Å². The normalized spacial score (nSPS) is 10.2. The zero-order chi connectivity index (χ0) is 23.0. The number of amides is 1. The molecule has 0 unspecified atom stereocenters. The lowest BCUT2D eigenvalue weighted by molar-refractivity contribution is -0.114. The number of nitrogens with one attached hydrogen (secondary N) is 2. The summed E-state index contributed by atoms with van der Waals surface area (Å²) in [4.78, 5) is 48.5. The summed E-state index contributed by atoms with van der Waals surface area (Å²) in [7, 11) is 2.45. The van der Waals surface area contributed by atoms with Gasteiger partial charge in [0.05, 0.1) is 38.5 Å². The highest BCUT2D eigenvalue weighted by molar-refractivity contribution is 7.18. The van der Waals surface area contributed by atoms with Crippen LogP contribution in [0, 0.1) is 6.92 Å². The first-order chi connectivity index (χ1) is 14.8. The quantitative estimate of drug-likeness (QED) is 0.443. The average molecular weight is 448 g/mol. The van der Waals surface area contributed by atoms with E-state index in [4.69, 9.17) is 14.2 Å². The van der Waals surface area contributed by atoms with Crippen LogP contribution >= 0.6 is 11.3 Å². The molecule has 31 heavy (non-hydrogen) atoms. The molecule has 10 heteroatoms. The lowest BCUT2D eigenvalue weighted by Gasteiger charge is -2.09. The fourth-order valence-corrected chi connectivity index (χ4v) is 3.72. The Morgan fingerprint density at radius 3 is 2.19 bits per heavy atom. The van der Waals surface area contributed by atoms with Crippen LogP contribution in [0.4, 0.5) is 10.7 Å². The molecule has 1 aromatic carbocycles. The lowest BCUT2D eigenvalue weighted by Crippen LogP contribution is -2.22. The second-order valence-corrected chi connectivity index (χ2v) is 7.38. The number of methoxy groups -OCH3 is 2. The van der Waals surface area contributed by atoms with Crippen molar-refractivity contribution in [1.82, 2.24) is 0 Å². The first kappa shape index (κ1) is 23.9. The first-order valence-electron chi connectivity index (χ1n) is 9.43. The molecule has 0 saturated heterocycles. The molecule has 0 spiro atoms. The number of benzene rings is 1. The topological polar surface area (TPSA) is 120 Å². The van der Waals surface area contributed by atoms with Gasteiger partial charge in [-0.05, 0) is 43.2 Å². The van der Waals surface area contributed by atoms with E-state index < -0.39 is 23.8 Å². The van der Waals surface area contributed by atoms with Crippen molar-refractivity contribution in [3.63, 3.8) is 0 Å². The number of anilines is 2. The highest BCUT2D eigenvalue weighted by Crippen LogP contribution is 2.34. The maximum atomic E-state index is 12.4. The lowest BCUT2D eigenvalue weighted by atomic mass is 10.1. The largest absolute Gasteiger partial charge is 0.465 e. The van der Waals surface area contributed by atoms with Crippen LogP contribution in [0.15, 0.2) is 24.3 Å². The number of thiophene rings is 1. The van der Waals surface area contributed by atoms with Gasteiger partial charge in [0, 0.05) is 5.69 Å². The van der Waals surface area contributed by atoms with Gasteiger partial charge in [-0.1, -0.05) is 6.92 Å². The van der Waals surface area contributed by atoms with Crippen LogP contribution in [-0.4, -0.2) is 51.2 Å². The second-order valence-electron chi connectivity index (χ2n) is 6.36. The van der Waals surface area contributed by atoms with E-state index in [2.05, 4.69) is 10.6 Å². The summed E-state index contributed by atoms with van der Waals surface area (Å²) in [6.45, 7) is 3.74. The van der Waals surface area contributed by atoms with Crippen molar-refractivity contribution < 1.29 is 33.4 Å². The summed E-state index contributed by atoms with van der Waals surface area (Å²) in [5.74, 6) is -2.12. The third kappa shape index (κ3) is 6.05. The maximum Gasteiger partial charge on any atom is 0.348 e. The van der Waals surface area contributed by atoms with Gasteiger partial charge in [-0.15, -0.1) is 11.3 Å². The number of rotatable bonds is 9. The summed E-state index contributed by atoms with van der Waals surface area (Å²) in [5, 5.41) is 5.75.